The molecule has 2 rings (SSSR count). The van der Waals surface area contributed by atoms with Gasteiger partial charge in [-0.15, -0.1) is 0 Å². The Morgan fingerprint density at radius 3 is 2.73 bits per heavy atom. The summed E-state index contributed by atoms with van der Waals surface area (Å²) in [6.45, 7) is 5.59. The molecule has 4 nitrogen and oxygen atoms in total. The molecule has 0 aromatic rings. The molecule has 2 N–H and O–H groups in total. The second-order valence-corrected chi connectivity index (χ2v) is 5.17. The van der Waals surface area contributed by atoms with E-state index >= 15 is 0 Å². The minimum Gasteiger partial charge on any atom is -0.444 e. The minimum absolute atomic E-state index is 0.348. The van der Waals surface area contributed by atoms with E-state index in [0.717, 1.165) is 18.5 Å². The summed E-state index contributed by atoms with van der Waals surface area (Å²) in [6.07, 6.45) is 2.82. The molecule has 1 saturated heterocycles. The summed E-state index contributed by atoms with van der Waals surface area (Å²) in [6, 6.07) is 0.532. The van der Waals surface area contributed by atoms with Crippen LogP contribution >= 0.6 is 0 Å². The fraction of sp³-hybridized carbons (Fsp3) is 0.727. The molecule has 1 atom stereocenters. The fourth-order valence-corrected chi connectivity index (χ4v) is 2.02. The number of ether oxygens (including phenoxy) is 1. The van der Waals surface area contributed by atoms with Gasteiger partial charge in [-0.3, -0.25) is 5.32 Å². The molecule has 84 valence electrons. The monoisotopic (exact) mass is 210 g/mol. The summed E-state index contributed by atoms with van der Waals surface area (Å²) in [5.41, 5.74) is 1.77. The number of alkyl carbamates (subject to hydrolysis) is 1. The van der Waals surface area contributed by atoms with E-state index in [1.807, 2.05) is 20.8 Å². The van der Waals surface area contributed by atoms with Gasteiger partial charge in [0, 0.05) is 23.9 Å². The van der Waals surface area contributed by atoms with Gasteiger partial charge in [0.2, 0.25) is 0 Å². The Kier molecular flexibility index (Phi) is 2.37. The number of fused-ring (bicyclic) bond motifs is 2. The number of carbonyl (C=O) groups is 1. The smallest absolute Gasteiger partial charge is 0.411 e. The van der Waals surface area contributed by atoms with E-state index in [0.29, 0.717) is 6.04 Å². The number of hydrogen-bond donors (Lipinski definition) is 2. The Balaban J connectivity index is 1.90. The first-order valence-corrected chi connectivity index (χ1v) is 5.42. The van der Waals surface area contributed by atoms with Gasteiger partial charge in [0.15, 0.2) is 0 Å². The standard InChI is InChI=1S/C11H18N2O2/c1-11(2,3)15-10(14)13-9-6-7-4-5-8(9)12-7/h7,12H,4-6H2,1-3H3,(H,13,14). The lowest BCUT2D eigenvalue weighted by molar-refractivity contribution is 0.0543. The van der Waals surface area contributed by atoms with Crippen molar-refractivity contribution in [2.75, 3.05) is 0 Å². The second kappa shape index (κ2) is 3.43. The van der Waals surface area contributed by atoms with E-state index in [-0.39, 0.29) is 6.09 Å². The fourth-order valence-electron chi connectivity index (χ4n) is 2.02. The SMILES string of the molecule is CC(C)(C)OC(=O)NC1=C2CCC(C1)N2. The molecule has 0 aromatic carbocycles. The third-order valence-corrected chi connectivity index (χ3v) is 2.59. The van der Waals surface area contributed by atoms with E-state index in [1.54, 1.807) is 0 Å². The molecule has 2 aliphatic heterocycles. The first kappa shape index (κ1) is 10.3. The predicted molar refractivity (Wildman–Crippen MR) is 57.2 cm³/mol. The molecule has 2 bridgehead atoms. The quantitative estimate of drug-likeness (QED) is 0.694. The molecule has 0 aromatic heterocycles. The van der Waals surface area contributed by atoms with E-state index in [1.165, 1.54) is 12.1 Å². The van der Waals surface area contributed by atoms with Gasteiger partial charge < -0.3 is 10.1 Å². The van der Waals surface area contributed by atoms with Gasteiger partial charge in [-0.2, -0.15) is 0 Å². The zero-order chi connectivity index (χ0) is 11.1. The van der Waals surface area contributed by atoms with Crippen molar-refractivity contribution in [3.8, 4) is 0 Å². The lowest BCUT2D eigenvalue weighted by atomic mass is 10.0. The summed E-state index contributed by atoms with van der Waals surface area (Å²) < 4.78 is 5.20. The summed E-state index contributed by atoms with van der Waals surface area (Å²) in [7, 11) is 0. The van der Waals surface area contributed by atoms with Crippen LogP contribution in [0.1, 0.15) is 40.0 Å². The molecular weight excluding hydrogens is 192 g/mol. The third kappa shape index (κ3) is 2.43. The van der Waals surface area contributed by atoms with Crippen molar-refractivity contribution in [3.05, 3.63) is 11.4 Å². The largest absolute Gasteiger partial charge is 0.444 e. The maximum absolute atomic E-state index is 11.5. The Morgan fingerprint density at radius 2 is 2.27 bits per heavy atom. The molecule has 1 fully saturated rings. The van der Waals surface area contributed by atoms with Crippen LogP contribution in [0.15, 0.2) is 11.4 Å². The lowest BCUT2D eigenvalue weighted by Crippen LogP contribution is -2.32. The number of allylic oxidation sites excluding steroid dienone is 1. The normalized spacial score (nSPS) is 24.1. The second-order valence-electron chi connectivity index (χ2n) is 5.17. The average molecular weight is 210 g/mol. The van der Waals surface area contributed by atoms with Gasteiger partial charge in [-0.1, -0.05) is 0 Å². The van der Waals surface area contributed by atoms with Crippen LogP contribution in [-0.4, -0.2) is 17.7 Å². The van der Waals surface area contributed by atoms with E-state index in [2.05, 4.69) is 10.6 Å². The Bertz CT molecular complexity index is 315. The minimum atomic E-state index is -0.430. The van der Waals surface area contributed by atoms with Crippen molar-refractivity contribution < 1.29 is 9.53 Å². The van der Waals surface area contributed by atoms with Crippen molar-refractivity contribution in [1.82, 2.24) is 10.6 Å². The van der Waals surface area contributed by atoms with Gasteiger partial charge in [-0.25, -0.2) is 4.79 Å². The van der Waals surface area contributed by atoms with Crippen LogP contribution in [0.25, 0.3) is 0 Å². The van der Waals surface area contributed by atoms with Gasteiger partial charge >= 0.3 is 6.09 Å². The van der Waals surface area contributed by atoms with Gasteiger partial charge in [0.25, 0.3) is 0 Å². The number of carbonyl (C=O) groups excluding carboxylic acids is 1. The Hall–Kier alpha value is -1.19. The Labute approximate surface area is 90.1 Å². The first-order valence-electron chi connectivity index (χ1n) is 5.42. The highest BCUT2D eigenvalue weighted by Crippen LogP contribution is 2.30. The molecule has 1 unspecified atom stereocenters. The van der Waals surface area contributed by atoms with Gasteiger partial charge in [-0.05, 0) is 33.6 Å². The molecule has 0 aliphatic carbocycles. The van der Waals surface area contributed by atoms with Crippen molar-refractivity contribution in [1.29, 1.82) is 0 Å². The van der Waals surface area contributed by atoms with E-state index in [9.17, 15) is 4.79 Å². The van der Waals surface area contributed by atoms with Gasteiger partial charge in [0.05, 0.1) is 0 Å². The van der Waals surface area contributed by atoms with Crippen molar-refractivity contribution in [2.24, 2.45) is 0 Å². The highest BCUT2D eigenvalue weighted by atomic mass is 16.6. The molecule has 4 heteroatoms. The summed E-state index contributed by atoms with van der Waals surface area (Å²) in [4.78, 5) is 11.5. The van der Waals surface area contributed by atoms with E-state index < -0.39 is 5.60 Å². The highest BCUT2D eigenvalue weighted by Gasteiger charge is 2.31. The summed E-state index contributed by atoms with van der Waals surface area (Å²) in [5.74, 6) is 0. The summed E-state index contributed by atoms with van der Waals surface area (Å²) in [5, 5.41) is 6.18. The highest BCUT2D eigenvalue weighted by molar-refractivity contribution is 5.70. The van der Waals surface area contributed by atoms with Crippen LogP contribution in [0.5, 0.6) is 0 Å². The van der Waals surface area contributed by atoms with Crippen molar-refractivity contribution in [3.63, 3.8) is 0 Å². The zero-order valence-corrected chi connectivity index (χ0v) is 9.52. The molecular formula is C11H18N2O2. The first-order chi connectivity index (χ1) is 6.94. The molecule has 0 spiro atoms. The maximum atomic E-state index is 11.5. The predicted octanol–water partition coefficient (Wildman–Crippen LogP) is 1.88. The molecule has 1 amide bonds. The molecule has 2 aliphatic rings. The number of nitrogens with one attached hydrogen (secondary N) is 2. The van der Waals surface area contributed by atoms with E-state index in [4.69, 9.17) is 4.74 Å². The van der Waals surface area contributed by atoms with Crippen molar-refractivity contribution >= 4 is 6.09 Å². The number of amides is 1. The van der Waals surface area contributed by atoms with Crippen LogP contribution in [0.4, 0.5) is 4.79 Å². The molecule has 15 heavy (non-hydrogen) atoms. The Morgan fingerprint density at radius 1 is 1.53 bits per heavy atom. The summed E-state index contributed by atoms with van der Waals surface area (Å²) >= 11 is 0. The molecule has 0 radical (unpaired) electrons. The van der Waals surface area contributed by atoms with Crippen LogP contribution < -0.4 is 10.6 Å². The third-order valence-electron chi connectivity index (χ3n) is 2.59. The molecule has 0 saturated carbocycles. The average Bonchev–Trinajstić information content (AvgIpc) is 2.60. The van der Waals surface area contributed by atoms with Crippen LogP contribution in [0.2, 0.25) is 0 Å². The molecule has 2 heterocycles. The topological polar surface area (TPSA) is 50.4 Å². The maximum Gasteiger partial charge on any atom is 0.411 e. The number of hydrogen-bond acceptors (Lipinski definition) is 3. The van der Waals surface area contributed by atoms with Gasteiger partial charge in [0.1, 0.15) is 5.60 Å². The zero-order valence-electron chi connectivity index (χ0n) is 9.52. The van der Waals surface area contributed by atoms with Crippen LogP contribution in [-0.2, 0) is 4.74 Å². The van der Waals surface area contributed by atoms with Crippen LogP contribution in [0, 0.1) is 0 Å². The van der Waals surface area contributed by atoms with Crippen LogP contribution in [0.3, 0.4) is 0 Å². The number of rotatable bonds is 1. The lowest BCUT2D eigenvalue weighted by Gasteiger charge is -2.20. The van der Waals surface area contributed by atoms with Crippen molar-refractivity contribution in [2.45, 2.75) is 51.7 Å².